The van der Waals surface area contributed by atoms with Crippen molar-refractivity contribution in [3.05, 3.63) is 0 Å². The zero-order valence-electron chi connectivity index (χ0n) is 8.51. The van der Waals surface area contributed by atoms with Gasteiger partial charge in [-0.1, -0.05) is 0 Å². The summed E-state index contributed by atoms with van der Waals surface area (Å²) in [7, 11) is 0. The molecule has 0 radical (unpaired) electrons. The summed E-state index contributed by atoms with van der Waals surface area (Å²) in [4.78, 5) is 4.59. The molecule has 0 heterocycles. The van der Waals surface area contributed by atoms with E-state index in [4.69, 9.17) is 0 Å². The van der Waals surface area contributed by atoms with Gasteiger partial charge in [0.1, 0.15) is 0 Å². The van der Waals surface area contributed by atoms with Crippen LogP contribution in [0.15, 0.2) is 0 Å². The van der Waals surface area contributed by atoms with Crippen LogP contribution in [0.2, 0.25) is 0 Å². The third kappa shape index (κ3) is 5.60. The van der Waals surface area contributed by atoms with Crippen LogP contribution in [0.3, 0.4) is 0 Å². The van der Waals surface area contributed by atoms with Crippen LogP contribution in [0, 0.1) is 0 Å². The maximum absolute atomic E-state index is 11.8. The number of alkyl halides is 12. The average molecular weight is 334 g/mol. The molecule has 0 aliphatic heterocycles. The molecule has 0 atom stereocenters. The monoisotopic (exact) mass is 334 g/mol. The van der Waals surface area contributed by atoms with E-state index in [0.29, 0.717) is 0 Å². The Hall–Kier alpha value is -0.920. The minimum atomic E-state index is -6.32. The molecular weight excluding hydrogens is 332 g/mol. The highest BCUT2D eigenvalue weighted by molar-refractivity contribution is 4.77. The second-order valence-electron chi connectivity index (χ2n) is 3.12. The molecule has 2 nitrogen and oxygen atoms in total. The van der Waals surface area contributed by atoms with Gasteiger partial charge in [-0.3, -0.25) is 0 Å². The highest BCUT2D eigenvalue weighted by atomic mass is 19.4. The van der Waals surface area contributed by atoms with Gasteiger partial charge in [-0.05, 0) is 0 Å². The van der Waals surface area contributed by atoms with Crippen LogP contribution in [0.25, 0.3) is 0 Å². The van der Waals surface area contributed by atoms with Gasteiger partial charge >= 0.3 is 24.7 Å². The molecule has 14 heteroatoms. The number of hydrogen-bond acceptors (Lipinski definition) is 2. The molecule has 122 valence electrons. The van der Waals surface area contributed by atoms with E-state index in [-0.39, 0.29) is 0 Å². The highest BCUT2D eigenvalue weighted by Gasteiger charge is 2.63. The number of hydrogen-bond donors (Lipinski definition) is 0. The Kier molecular flexibility index (Phi) is 5.21. The molecule has 0 saturated carbocycles. The van der Waals surface area contributed by atoms with Crippen LogP contribution >= 0.6 is 0 Å². The van der Waals surface area contributed by atoms with Gasteiger partial charge in [-0.2, -0.15) is 52.7 Å². The van der Waals surface area contributed by atoms with Gasteiger partial charge in [0, 0.05) is 0 Å². The zero-order valence-corrected chi connectivity index (χ0v) is 8.51. The number of rotatable bonds is 3. The number of halogens is 12. The van der Waals surface area contributed by atoms with Gasteiger partial charge in [0.2, 0.25) is 0 Å². The van der Waals surface area contributed by atoms with Crippen molar-refractivity contribution in [3.8, 4) is 0 Å². The Morgan fingerprint density at radius 1 is 0.400 bits per heavy atom. The van der Waals surface area contributed by atoms with Crippen molar-refractivity contribution in [2.45, 2.75) is 36.9 Å². The molecule has 0 unspecified atom stereocenters. The van der Waals surface area contributed by atoms with E-state index in [1.54, 1.807) is 0 Å². The highest BCUT2D eigenvalue weighted by Crippen LogP contribution is 2.40. The first-order valence-corrected chi connectivity index (χ1v) is 4.06. The van der Waals surface area contributed by atoms with Gasteiger partial charge in [-0.15, -0.1) is 0 Å². The van der Waals surface area contributed by atoms with E-state index >= 15 is 0 Å². The lowest BCUT2D eigenvalue weighted by Gasteiger charge is -2.26. The van der Waals surface area contributed by atoms with Crippen molar-refractivity contribution in [2.24, 2.45) is 0 Å². The standard InChI is InChI=1S/C6H2F12O2/c7-3(8,9)1(4(10,11)12)19-20-2(5(13,14)15)6(16,17)18/h1-2H. The van der Waals surface area contributed by atoms with Crippen LogP contribution in [0.5, 0.6) is 0 Å². The quantitative estimate of drug-likeness (QED) is 0.442. The molecule has 0 spiro atoms. The third-order valence-corrected chi connectivity index (χ3v) is 1.44. The van der Waals surface area contributed by atoms with Crippen molar-refractivity contribution in [2.75, 3.05) is 0 Å². The molecule has 0 aromatic carbocycles. The summed E-state index contributed by atoms with van der Waals surface area (Å²) in [5.74, 6) is 0. The minimum Gasteiger partial charge on any atom is -0.213 e. The lowest BCUT2D eigenvalue weighted by atomic mass is 10.3. The van der Waals surface area contributed by atoms with Gasteiger partial charge < -0.3 is 0 Å². The molecule has 0 aliphatic rings. The van der Waals surface area contributed by atoms with Gasteiger partial charge in [-0.25, -0.2) is 9.78 Å². The lowest BCUT2D eigenvalue weighted by molar-refractivity contribution is -0.490. The Morgan fingerprint density at radius 3 is 0.650 bits per heavy atom. The molecule has 0 bridgehead atoms. The molecule has 0 amide bonds. The third-order valence-electron chi connectivity index (χ3n) is 1.44. The van der Waals surface area contributed by atoms with Crippen LogP contribution < -0.4 is 0 Å². The summed E-state index contributed by atoms with van der Waals surface area (Å²) in [6, 6.07) is 0. The van der Waals surface area contributed by atoms with Crippen LogP contribution in [0.4, 0.5) is 52.7 Å². The van der Waals surface area contributed by atoms with E-state index < -0.39 is 36.9 Å². The maximum Gasteiger partial charge on any atom is 0.426 e. The molecule has 0 aromatic rings. The van der Waals surface area contributed by atoms with Crippen molar-refractivity contribution >= 4 is 0 Å². The second-order valence-corrected chi connectivity index (χ2v) is 3.12. The molecule has 0 fully saturated rings. The first kappa shape index (κ1) is 19.1. The minimum absolute atomic E-state index is 2.30. The fourth-order valence-corrected chi connectivity index (χ4v) is 0.700. The van der Waals surface area contributed by atoms with E-state index in [1.807, 2.05) is 0 Å². The fraction of sp³-hybridized carbons (Fsp3) is 1.00. The van der Waals surface area contributed by atoms with Crippen molar-refractivity contribution in [3.63, 3.8) is 0 Å². The summed E-state index contributed by atoms with van der Waals surface area (Å²) in [6.07, 6.45) is -35.2. The lowest BCUT2D eigenvalue weighted by Crippen LogP contribution is -2.49. The van der Waals surface area contributed by atoms with Crippen LogP contribution in [-0.2, 0) is 9.78 Å². The Bertz CT molecular complexity index is 248. The normalized spacial score (nSPS) is 15.3. The van der Waals surface area contributed by atoms with Gasteiger partial charge in [0.15, 0.2) is 0 Å². The molecule has 0 aliphatic carbocycles. The summed E-state index contributed by atoms with van der Waals surface area (Å²) in [6.45, 7) is 0. The molecule has 20 heavy (non-hydrogen) atoms. The summed E-state index contributed by atoms with van der Waals surface area (Å²) in [5.41, 5.74) is 0. The fourth-order valence-electron chi connectivity index (χ4n) is 0.700. The Labute approximate surface area is 101 Å². The van der Waals surface area contributed by atoms with Crippen molar-refractivity contribution < 1.29 is 62.5 Å². The molecular formula is C6H2F12O2. The topological polar surface area (TPSA) is 18.5 Å². The average Bonchev–Trinajstić information content (AvgIpc) is 2.02. The van der Waals surface area contributed by atoms with E-state index in [0.717, 1.165) is 0 Å². The summed E-state index contributed by atoms with van der Waals surface area (Å²) >= 11 is 0. The second kappa shape index (κ2) is 5.46. The first-order valence-electron chi connectivity index (χ1n) is 4.06. The largest absolute Gasteiger partial charge is 0.426 e. The van der Waals surface area contributed by atoms with E-state index in [9.17, 15) is 52.7 Å². The Morgan fingerprint density at radius 2 is 0.550 bits per heavy atom. The van der Waals surface area contributed by atoms with E-state index in [2.05, 4.69) is 9.78 Å². The molecule has 0 aromatic heterocycles. The molecule has 0 rings (SSSR count). The van der Waals surface area contributed by atoms with Gasteiger partial charge in [0.25, 0.3) is 12.2 Å². The SMILES string of the molecule is FC(F)(F)C(OOC(C(F)(F)F)C(F)(F)F)C(F)(F)F. The zero-order chi connectivity index (χ0) is 16.6. The molecule has 0 saturated heterocycles. The van der Waals surface area contributed by atoms with Crippen molar-refractivity contribution in [1.29, 1.82) is 0 Å². The predicted octanol–water partition coefficient (Wildman–Crippen LogP) is 3.92. The van der Waals surface area contributed by atoms with Gasteiger partial charge in [0.05, 0.1) is 0 Å². The molecule has 0 N–H and O–H groups in total. The van der Waals surface area contributed by atoms with Crippen LogP contribution in [0.1, 0.15) is 0 Å². The maximum atomic E-state index is 11.8. The predicted molar refractivity (Wildman–Crippen MR) is 34.0 cm³/mol. The first-order chi connectivity index (χ1) is 8.47. The smallest absolute Gasteiger partial charge is 0.213 e. The summed E-state index contributed by atoms with van der Waals surface area (Å²) in [5, 5.41) is 0. The van der Waals surface area contributed by atoms with E-state index in [1.165, 1.54) is 0 Å². The van der Waals surface area contributed by atoms with Crippen molar-refractivity contribution in [1.82, 2.24) is 0 Å². The summed E-state index contributed by atoms with van der Waals surface area (Å²) < 4.78 is 141. The Balaban J connectivity index is 5.10. The van der Waals surface area contributed by atoms with Crippen LogP contribution in [-0.4, -0.2) is 36.9 Å².